The van der Waals surface area contributed by atoms with Crippen molar-refractivity contribution in [2.75, 3.05) is 26.2 Å². The highest BCUT2D eigenvalue weighted by molar-refractivity contribution is 7.89. The number of aliphatic hydroxyl groups excluding tert-OH is 1. The molecule has 0 aliphatic carbocycles. The van der Waals surface area contributed by atoms with Gasteiger partial charge < -0.3 is 5.11 Å². The summed E-state index contributed by atoms with van der Waals surface area (Å²) in [5, 5.41) is 9.17. The molecule has 0 unspecified atom stereocenters. The van der Waals surface area contributed by atoms with Crippen molar-refractivity contribution in [3.8, 4) is 0 Å². The lowest BCUT2D eigenvalue weighted by Gasteiger charge is -2.41. The third-order valence-corrected chi connectivity index (χ3v) is 7.07. The Morgan fingerprint density at radius 2 is 1.81 bits per heavy atom. The van der Waals surface area contributed by atoms with Crippen LogP contribution in [-0.2, 0) is 16.6 Å². The van der Waals surface area contributed by atoms with Crippen molar-refractivity contribution in [2.24, 2.45) is 0 Å². The molecule has 2 rings (SSSR count). The Hall–Kier alpha value is -0.470. The number of nitrogens with zero attached hydrogens (tertiary/aromatic N) is 2. The molecule has 0 atom stereocenters. The predicted octanol–water partition coefficient (Wildman–Crippen LogP) is 1.65. The highest BCUT2D eigenvalue weighted by Gasteiger charge is 2.33. The van der Waals surface area contributed by atoms with Crippen LogP contribution in [0.2, 0.25) is 0 Å². The Kier molecular flexibility index (Phi) is 4.80. The Labute approximate surface area is 131 Å². The number of aryl methyl sites for hydroxylation is 1. The van der Waals surface area contributed by atoms with Crippen molar-refractivity contribution >= 4 is 21.4 Å². The number of piperazine rings is 1. The van der Waals surface area contributed by atoms with Crippen LogP contribution >= 0.6 is 11.3 Å². The fourth-order valence-electron chi connectivity index (χ4n) is 2.60. The van der Waals surface area contributed by atoms with E-state index < -0.39 is 10.0 Å². The van der Waals surface area contributed by atoms with Gasteiger partial charge in [-0.1, -0.05) is 0 Å². The summed E-state index contributed by atoms with van der Waals surface area (Å²) in [5.74, 6) is 0. The van der Waals surface area contributed by atoms with Crippen molar-refractivity contribution in [3.63, 3.8) is 0 Å². The fourth-order valence-corrected chi connectivity index (χ4v) is 5.48. The third-order valence-electron chi connectivity index (χ3n) is 3.88. The summed E-state index contributed by atoms with van der Waals surface area (Å²) in [4.78, 5) is 4.09. The molecular formula is C14H24N2O3S2. The SMILES string of the molecule is Cc1sc(CO)cc1S(=O)(=O)N1CCN(C(C)(C)C)CC1. The molecular weight excluding hydrogens is 308 g/mol. The molecule has 1 aliphatic heterocycles. The monoisotopic (exact) mass is 332 g/mol. The second kappa shape index (κ2) is 5.96. The van der Waals surface area contributed by atoms with Crippen LogP contribution in [0.3, 0.4) is 0 Å². The Bertz CT molecular complexity index is 594. The minimum Gasteiger partial charge on any atom is -0.391 e. The number of sulfonamides is 1. The largest absolute Gasteiger partial charge is 0.391 e. The van der Waals surface area contributed by atoms with Gasteiger partial charge >= 0.3 is 0 Å². The minimum absolute atomic E-state index is 0.0677. The topological polar surface area (TPSA) is 60.9 Å². The van der Waals surface area contributed by atoms with Crippen LogP contribution < -0.4 is 0 Å². The molecule has 0 radical (unpaired) electrons. The minimum atomic E-state index is -3.44. The van der Waals surface area contributed by atoms with Gasteiger partial charge in [-0.2, -0.15) is 4.31 Å². The van der Waals surface area contributed by atoms with Gasteiger partial charge in [0, 0.05) is 41.5 Å². The maximum Gasteiger partial charge on any atom is 0.244 e. The smallest absolute Gasteiger partial charge is 0.244 e. The zero-order chi connectivity index (χ0) is 15.8. The normalized spacial score (nSPS) is 19.1. The van der Waals surface area contributed by atoms with Gasteiger partial charge in [-0.25, -0.2) is 8.42 Å². The number of aliphatic hydroxyl groups is 1. The third kappa shape index (κ3) is 3.48. The van der Waals surface area contributed by atoms with Crippen molar-refractivity contribution in [1.82, 2.24) is 9.21 Å². The van der Waals surface area contributed by atoms with Gasteiger partial charge in [-0.3, -0.25) is 4.90 Å². The van der Waals surface area contributed by atoms with E-state index in [1.165, 1.54) is 11.3 Å². The first kappa shape index (κ1) is 16.9. The van der Waals surface area contributed by atoms with E-state index in [0.29, 0.717) is 22.9 Å². The van der Waals surface area contributed by atoms with Crippen LogP contribution in [0.1, 0.15) is 30.5 Å². The highest BCUT2D eigenvalue weighted by Crippen LogP contribution is 2.29. The quantitative estimate of drug-likeness (QED) is 0.914. The van der Waals surface area contributed by atoms with Crippen molar-refractivity contribution in [2.45, 2.75) is 44.7 Å². The molecule has 1 saturated heterocycles. The number of rotatable bonds is 3. The summed E-state index contributed by atoms with van der Waals surface area (Å²) in [6, 6.07) is 1.60. The average molecular weight is 332 g/mol. The van der Waals surface area contributed by atoms with Crippen LogP contribution in [0.15, 0.2) is 11.0 Å². The van der Waals surface area contributed by atoms with Crippen LogP contribution in [0, 0.1) is 6.92 Å². The summed E-state index contributed by atoms with van der Waals surface area (Å²) in [6.45, 7) is 10.7. The molecule has 5 nitrogen and oxygen atoms in total. The van der Waals surface area contributed by atoms with Crippen molar-refractivity contribution in [3.05, 3.63) is 15.8 Å². The van der Waals surface area contributed by atoms with E-state index in [-0.39, 0.29) is 12.1 Å². The van der Waals surface area contributed by atoms with Crippen LogP contribution in [0.5, 0.6) is 0 Å². The van der Waals surface area contributed by atoms with Gasteiger partial charge in [-0.15, -0.1) is 11.3 Å². The lowest BCUT2D eigenvalue weighted by Crippen LogP contribution is -2.54. The molecule has 120 valence electrons. The zero-order valence-electron chi connectivity index (χ0n) is 13.1. The van der Waals surface area contributed by atoms with Crippen molar-refractivity contribution in [1.29, 1.82) is 0 Å². The van der Waals surface area contributed by atoms with Crippen LogP contribution in [0.25, 0.3) is 0 Å². The number of thiophene rings is 1. The highest BCUT2D eigenvalue weighted by atomic mass is 32.2. The molecule has 1 aliphatic rings. The predicted molar refractivity (Wildman–Crippen MR) is 85.1 cm³/mol. The molecule has 2 heterocycles. The second-order valence-electron chi connectivity index (χ2n) is 6.35. The fraction of sp³-hybridized carbons (Fsp3) is 0.714. The number of hydrogen-bond acceptors (Lipinski definition) is 5. The zero-order valence-corrected chi connectivity index (χ0v) is 14.7. The molecule has 0 amide bonds. The van der Waals surface area contributed by atoms with E-state index in [2.05, 4.69) is 25.7 Å². The van der Waals surface area contributed by atoms with Gasteiger partial charge in [0.1, 0.15) is 0 Å². The van der Waals surface area contributed by atoms with E-state index in [0.717, 1.165) is 18.0 Å². The first-order valence-electron chi connectivity index (χ1n) is 7.11. The first-order chi connectivity index (χ1) is 9.66. The molecule has 1 aromatic rings. The molecule has 1 fully saturated rings. The Balaban J connectivity index is 2.17. The molecule has 21 heavy (non-hydrogen) atoms. The summed E-state index contributed by atoms with van der Waals surface area (Å²) in [7, 11) is -3.44. The van der Waals surface area contributed by atoms with E-state index in [1.54, 1.807) is 17.3 Å². The second-order valence-corrected chi connectivity index (χ2v) is 9.60. The summed E-state index contributed by atoms with van der Waals surface area (Å²) in [6.07, 6.45) is 0. The molecule has 7 heteroatoms. The van der Waals surface area contributed by atoms with E-state index in [1.807, 2.05) is 0 Å². The van der Waals surface area contributed by atoms with Gasteiger partial charge in [0.05, 0.1) is 11.5 Å². The molecule has 0 spiro atoms. The Morgan fingerprint density at radius 3 is 2.24 bits per heavy atom. The van der Waals surface area contributed by atoms with Gasteiger partial charge in [0.25, 0.3) is 0 Å². The summed E-state index contributed by atoms with van der Waals surface area (Å²) >= 11 is 1.34. The Morgan fingerprint density at radius 1 is 1.24 bits per heavy atom. The average Bonchev–Trinajstić information content (AvgIpc) is 2.80. The van der Waals surface area contributed by atoms with Gasteiger partial charge in [-0.05, 0) is 33.8 Å². The molecule has 0 bridgehead atoms. The summed E-state index contributed by atoms with van der Waals surface area (Å²) < 4.78 is 27.0. The maximum absolute atomic E-state index is 12.7. The van der Waals surface area contributed by atoms with E-state index >= 15 is 0 Å². The van der Waals surface area contributed by atoms with Gasteiger partial charge in [0.2, 0.25) is 10.0 Å². The molecule has 0 saturated carbocycles. The maximum atomic E-state index is 12.7. The molecule has 0 aromatic carbocycles. The first-order valence-corrected chi connectivity index (χ1v) is 9.37. The van der Waals surface area contributed by atoms with Crippen LogP contribution in [0.4, 0.5) is 0 Å². The van der Waals surface area contributed by atoms with Gasteiger partial charge in [0.15, 0.2) is 0 Å². The van der Waals surface area contributed by atoms with Crippen molar-refractivity contribution < 1.29 is 13.5 Å². The lowest BCUT2D eigenvalue weighted by molar-refractivity contribution is 0.0922. The lowest BCUT2D eigenvalue weighted by atomic mass is 10.1. The standard InChI is InChI=1S/C14H24N2O3S2/c1-11-13(9-12(10-17)20-11)21(18,19)16-7-5-15(6-8-16)14(2,3)4/h9,17H,5-8,10H2,1-4H3. The summed E-state index contributed by atoms with van der Waals surface area (Å²) in [5.41, 5.74) is 0.0677. The molecule has 1 N–H and O–H groups in total. The van der Waals surface area contributed by atoms with Crippen LogP contribution in [-0.4, -0.2) is 54.4 Å². The number of hydrogen-bond donors (Lipinski definition) is 1. The van der Waals surface area contributed by atoms with E-state index in [4.69, 9.17) is 0 Å². The van der Waals surface area contributed by atoms with E-state index in [9.17, 15) is 13.5 Å². The molecule has 1 aromatic heterocycles.